The second-order valence-electron chi connectivity index (χ2n) is 6.77. The molecule has 1 aromatic heterocycles. The number of nitrogens with one attached hydrogen (secondary N) is 1. The first-order valence-electron chi connectivity index (χ1n) is 9.50. The molecule has 5 nitrogen and oxygen atoms in total. The third-order valence-electron chi connectivity index (χ3n) is 4.47. The van der Waals surface area contributed by atoms with E-state index in [4.69, 9.17) is 4.74 Å². The van der Waals surface area contributed by atoms with Gasteiger partial charge in [0.15, 0.2) is 6.61 Å². The fourth-order valence-corrected chi connectivity index (χ4v) is 3.13. The molecule has 0 spiro atoms. The fraction of sp³-hybridized carbons (Fsp3) is 0.261. The highest BCUT2D eigenvalue weighted by molar-refractivity contribution is 6.05. The van der Waals surface area contributed by atoms with Crippen molar-refractivity contribution in [3.63, 3.8) is 0 Å². The van der Waals surface area contributed by atoms with Gasteiger partial charge in [-0.1, -0.05) is 61.9 Å². The van der Waals surface area contributed by atoms with Crippen LogP contribution in [0.1, 0.15) is 37.0 Å². The maximum atomic E-state index is 12.7. The first kappa shape index (κ1) is 19.5. The van der Waals surface area contributed by atoms with E-state index in [-0.39, 0.29) is 18.6 Å². The van der Waals surface area contributed by atoms with E-state index in [1.165, 1.54) is 0 Å². The van der Waals surface area contributed by atoms with E-state index in [9.17, 15) is 9.59 Å². The standard InChI is InChI=1S/C23H24N2O3/c1-3-9-16(2)24-22(26)15-28-23(27)19-14-21(17-10-5-4-6-11-17)25-20-13-8-7-12-18(19)20/h4-8,10-14,16H,3,9,15H2,1-2H3,(H,24,26)/t16-/m0/s1. The monoisotopic (exact) mass is 376 g/mol. The third-order valence-corrected chi connectivity index (χ3v) is 4.47. The Labute approximate surface area is 164 Å². The molecule has 5 heteroatoms. The molecule has 0 saturated carbocycles. The summed E-state index contributed by atoms with van der Waals surface area (Å²) >= 11 is 0. The molecule has 0 saturated heterocycles. The Hall–Kier alpha value is -3.21. The zero-order valence-corrected chi connectivity index (χ0v) is 16.1. The summed E-state index contributed by atoms with van der Waals surface area (Å²) in [7, 11) is 0. The first-order chi connectivity index (χ1) is 13.6. The number of hydrogen-bond acceptors (Lipinski definition) is 4. The SMILES string of the molecule is CCC[C@H](C)NC(=O)COC(=O)c1cc(-c2ccccc2)nc2ccccc12. The number of aromatic nitrogens is 1. The van der Waals surface area contributed by atoms with Gasteiger partial charge in [0, 0.05) is 17.0 Å². The van der Waals surface area contributed by atoms with Gasteiger partial charge in [-0.15, -0.1) is 0 Å². The van der Waals surface area contributed by atoms with Gasteiger partial charge in [-0.2, -0.15) is 0 Å². The Morgan fingerprint density at radius 1 is 1.07 bits per heavy atom. The number of amides is 1. The first-order valence-corrected chi connectivity index (χ1v) is 9.50. The van der Waals surface area contributed by atoms with E-state index in [0.717, 1.165) is 18.4 Å². The number of hydrogen-bond donors (Lipinski definition) is 1. The summed E-state index contributed by atoms with van der Waals surface area (Å²) < 4.78 is 5.29. The van der Waals surface area contributed by atoms with E-state index in [2.05, 4.69) is 17.2 Å². The van der Waals surface area contributed by atoms with Crippen LogP contribution in [-0.2, 0) is 9.53 Å². The molecule has 1 amide bonds. The Balaban J connectivity index is 1.83. The normalized spacial score (nSPS) is 11.8. The molecule has 0 unspecified atom stereocenters. The van der Waals surface area contributed by atoms with Crippen molar-refractivity contribution in [1.82, 2.24) is 10.3 Å². The van der Waals surface area contributed by atoms with Gasteiger partial charge in [-0.3, -0.25) is 4.79 Å². The highest BCUT2D eigenvalue weighted by Gasteiger charge is 2.17. The van der Waals surface area contributed by atoms with Crippen LogP contribution in [0.5, 0.6) is 0 Å². The molecule has 0 radical (unpaired) electrons. The largest absolute Gasteiger partial charge is 0.452 e. The summed E-state index contributed by atoms with van der Waals surface area (Å²) in [5.41, 5.74) is 2.70. The summed E-state index contributed by atoms with van der Waals surface area (Å²) in [6.07, 6.45) is 1.86. The molecule has 2 aromatic carbocycles. The van der Waals surface area contributed by atoms with Crippen LogP contribution in [0.25, 0.3) is 22.2 Å². The van der Waals surface area contributed by atoms with Crippen LogP contribution in [0.2, 0.25) is 0 Å². The van der Waals surface area contributed by atoms with Gasteiger partial charge in [-0.05, 0) is 25.5 Å². The Kier molecular flexibility index (Phi) is 6.37. The van der Waals surface area contributed by atoms with Crippen LogP contribution in [0.15, 0.2) is 60.7 Å². The molecule has 0 bridgehead atoms. The average Bonchev–Trinajstić information content (AvgIpc) is 2.72. The number of carbonyl (C=O) groups excluding carboxylic acids is 2. The number of esters is 1. The Bertz CT molecular complexity index is 970. The topological polar surface area (TPSA) is 68.3 Å². The second-order valence-corrected chi connectivity index (χ2v) is 6.77. The van der Waals surface area contributed by atoms with E-state index in [0.29, 0.717) is 22.2 Å². The number of rotatable bonds is 7. The third kappa shape index (κ3) is 4.74. The molecule has 144 valence electrons. The number of nitrogens with zero attached hydrogens (tertiary/aromatic N) is 1. The van der Waals surface area contributed by atoms with Crippen molar-refractivity contribution in [1.29, 1.82) is 0 Å². The van der Waals surface area contributed by atoms with Gasteiger partial charge < -0.3 is 10.1 Å². The van der Waals surface area contributed by atoms with Crippen molar-refractivity contribution >= 4 is 22.8 Å². The molecule has 1 atom stereocenters. The zero-order chi connectivity index (χ0) is 19.9. The predicted octanol–water partition coefficient (Wildman–Crippen LogP) is 4.36. The van der Waals surface area contributed by atoms with Gasteiger partial charge >= 0.3 is 5.97 Å². The van der Waals surface area contributed by atoms with Crippen molar-refractivity contribution in [3.8, 4) is 11.3 Å². The summed E-state index contributed by atoms with van der Waals surface area (Å²) in [5, 5.41) is 3.53. The predicted molar refractivity (Wildman–Crippen MR) is 110 cm³/mol. The van der Waals surface area contributed by atoms with Crippen LogP contribution < -0.4 is 5.32 Å². The Morgan fingerprint density at radius 2 is 1.79 bits per heavy atom. The summed E-state index contributed by atoms with van der Waals surface area (Å²) in [6, 6.07) is 18.8. The minimum atomic E-state index is -0.533. The number of fused-ring (bicyclic) bond motifs is 1. The summed E-state index contributed by atoms with van der Waals surface area (Å²) in [5.74, 6) is -0.829. The molecule has 1 N–H and O–H groups in total. The van der Waals surface area contributed by atoms with Crippen molar-refractivity contribution in [2.75, 3.05) is 6.61 Å². The zero-order valence-electron chi connectivity index (χ0n) is 16.1. The maximum Gasteiger partial charge on any atom is 0.339 e. The Morgan fingerprint density at radius 3 is 2.54 bits per heavy atom. The van der Waals surface area contributed by atoms with E-state index >= 15 is 0 Å². The number of carbonyl (C=O) groups is 2. The molecule has 0 aliphatic heterocycles. The molecule has 3 aromatic rings. The van der Waals surface area contributed by atoms with Gasteiger partial charge in [0.25, 0.3) is 5.91 Å². The fourth-order valence-electron chi connectivity index (χ4n) is 3.13. The highest BCUT2D eigenvalue weighted by Crippen LogP contribution is 2.25. The van der Waals surface area contributed by atoms with Crippen LogP contribution in [-0.4, -0.2) is 29.5 Å². The van der Waals surface area contributed by atoms with Crippen LogP contribution >= 0.6 is 0 Å². The van der Waals surface area contributed by atoms with E-state index in [1.807, 2.05) is 61.5 Å². The van der Waals surface area contributed by atoms with Crippen LogP contribution in [0, 0.1) is 0 Å². The molecule has 3 rings (SSSR count). The number of para-hydroxylation sites is 1. The highest BCUT2D eigenvalue weighted by atomic mass is 16.5. The quantitative estimate of drug-likeness (QED) is 0.622. The van der Waals surface area contributed by atoms with Crippen molar-refractivity contribution in [2.45, 2.75) is 32.7 Å². The van der Waals surface area contributed by atoms with Gasteiger partial charge in [0.1, 0.15) is 0 Å². The lowest BCUT2D eigenvalue weighted by Gasteiger charge is -2.13. The lowest BCUT2D eigenvalue weighted by molar-refractivity contribution is -0.124. The van der Waals surface area contributed by atoms with Crippen molar-refractivity contribution in [3.05, 3.63) is 66.2 Å². The molecule has 0 aliphatic carbocycles. The van der Waals surface area contributed by atoms with Crippen LogP contribution in [0.3, 0.4) is 0 Å². The lowest BCUT2D eigenvalue weighted by atomic mass is 10.0. The summed E-state index contributed by atoms with van der Waals surface area (Å²) in [4.78, 5) is 29.4. The van der Waals surface area contributed by atoms with E-state index in [1.54, 1.807) is 6.07 Å². The molecular weight excluding hydrogens is 352 g/mol. The number of ether oxygens (including phenoxy) is 1. The average molecular weight is 376 g/mol. The molecular formula is C23H24N2O3. The van der Waals surface area contributed by atoms with Gasteiger partial charge in [0.05, 0.1) is 16.8 Å². The number of benzene rings is 2. The molecule has 0 aliphatic rings. The van der Waals surface area contributed by atoms with Gasteiger partial charge in [-0.25, -0.2) is 9.78 Å². The molecule has 1 heterocycles. The van der Waals surface area contributed by atoms with Crippen molar-refractivity contribution in [2.24, 2.45) is 0 Å². The maximum absolute atomic E-state index is 12.7. The van der Waals surface area contributed by atoms with E-state index < -0.39 is 5.97 Å². The van der Waals surface area contributed by atoms with Crippen molar-refractivity contribution < 1.29 is 14.3 Å². The minimum absolute atomic E-state index is 0.0580. The smallest absolute Gasteiger partial charge is 0.339 e. The molecule has 28 heavy (non-hydrogen) atoms. The lowest BCUT2D eigenvalue weighted by Crippen LogP contribution is -2.35. The summed E-state index contributed by atoms with van der Waals surface area (Å²) in [6.45, 7) is 3.69. The van der Waals surface area contributed by atoms with Crippen LogP contribution in [0.4, 0.5) is 0 Å². The molecule has 0 fully saturated rings. The minimum Gasteiger partial charge on any atom is -0.452 e. The number of pyridine rings is 1. The second kappa shape index (κ2) is 9.13. The van der Waals surface area contributed by atoms with Gasteiger partial charge in [0.2, 0.25) is 0 Å².